The zero-order valence-corrected chi connectivity index (χ0v) is 20.3. The first-order chi connectivity index (χ1) is 15.3. The molecule has 166 valence electrons. The minimum Gasteiger partial charge on any atom is -0.494 e. The number of halogens is 1. The van der Waals surface area contributed by atoms with Crippen molar-refractivity contribution < 1.29 is 4.74 Å². The van der Waals surface area contributed by atoms with Crippen molar-refractivity contribution in [2.75, 3.05) is 20.2 Å². The normalized spacial score (nSPS) is 11.1. The third kappa shape index (κ3) is 6.43. The molecular formula is C24H27IN6O. The summed E-state index contributed by atoms with van der Waals surface area (Å²) in [5.41, 5.74) is 1.10. The Morgan fingerprint density at radius 1 is 1.00 bits per heavy atom. The van der Waals surface area contributed by atoms with Crippen LogP contribution in [0.15, 0.2) is 84.2 Å². The molecule has 0 atom stereocenters. The standard InChI is InChI=1S/C24H26N6O.HI/c1-25-24(28-18-19-10-13-26-23(16-19)30-14-4-12-29-30)27-11-5-15-31-22-9-8-20-6-2-3-7-21(20)17-22;/h2-4,6-10,12-14,16-17H,5,11,15,18H2,1H3,(H2,25,27,28);1H. The number of aliphatic imine (C=N–C) groups is 1. The number of nitrogens with one attached hydrogen (secondary N) is 2. The Balaban J connectivity index is 0.00000289. The Hall–Kier alpha value is -3.14. The van der Waals surface area contributed by atoms with Gasteiger partial charge in [0.05, 0.1) is 6.61 Å². The smallest absolute Gasteiger partial charge is 0.191 e. The molecule has 0 spiro atoms. The average molecular weight is 542 g/mol. The fourth-order valence-corrected chi connectivity index (χ4v) is 3.23. The summed E-state index contributed by atoms with van der Waals surface area (Å²) in [6, 6.07) is 20.3. The summed E-state index contributed by atoms with van der Waals surface area (Å²) >= 11 is 0. The SMILES string of the molecule is CN=C(NCCCOc1ccc2ccccc2c1)NCc1ccnc(-n2cccn2)c1.I. The number of hydrogen-bond donors (Lipinski definition) is 2. The molecule has 0 saturated carbocycles. The number of pyridine rings is 1. The highest BCUT2D eigenvalue weighted by Crippen LogP contribution is 2.20. The molecule has 4 aromatic rings. The number of hydrogen-bond acceptors (Lipinski definition) is 4. The topological polar surface area (TPSA) is 76.4 Å². The van der Waals surface area contributed by atoms with E-state index in [2.05, 4.69) is 50.0 Å². The summed E-state index contributed by atoms with van der Waals surface area (Å²) in [7, 11) is 1.77. The van der Waals surface area contributed by atoms with Crippen LogP contribution in [0, 0.1) is 0 Å². The number of benzene rings is 2. The highest BCUT2D eigenvalue weighted by Gasteiger charge is 2.03. The van der Waals surface area contributed by atoms with Crippen molar-refractivity contribution in [3.05, 3.63) is 84.8 Å². The first kappa shape index (κ1) is 23.5. The molecule has 8 heteroatoms. The third-order valence-corrected chi connectivity index (χ3v) is 4.84. The van der Waals surface area contributed by atoms with Crippen LogP contribution in [0.25, 0.3) is 16.6 Å². The van der Waals surface area contributed by atoms with Crippen LogP contribution in [0.2, 0.25) is 0 Å². The van der Waals surface area contributed by atoms with E-state index in [9.17, 15) is 0 Å². The van der Waals surface area contributed by atoms with E-state index in [-0.39, 0.29) is 24.0 Å². The van der Waals surface area contributed by atoms with E-state index in [0.717, 1.165) is 36.1 Å². The molecule has 2 N–H and O–H groups in total. The number of fused-ring (bicyclic) bond motifs is 1. The molecule has 7 nitrogen and oxygen atoms in total. The van der Waals surface area contributed by atoms with E-state index in [4.69, 9.17) is 4.74 Å². The van der Waals surface area contributed by atoms with E-state index in [1.807, 2.05) is 42.6 Å². The summed E-state index contributed by atoms with van der Waals surface area (Å²) in [6.45, 7) is 2.05. The Labute approximate surface area is 204 Å². The van der Waals surface area contributed by atoms with Crippen LogP contribution >= 0.6 is 24.0 Å². The maximum Gasteiger partial charge on any atom is 0.191 e. The molecule has 0 fully saturated rings. The zero-order valence-electron chi connectivity index (χ0n) is 17.9. The summed E-state index contributed by atoms with van der Waals surface area (Å²) in [6.07, 6.45) is 6.27. The average Bonchev–Trinajstić information content (AvgIpc) is 3.36. The Morgan fingerprint density at radius 2 is 1.88 bits per heavy atom. The highest BCUT2D eigenvalue weighted by atomic mass is 127. The van der Waals surface area contributed by atoms with Gasteiger partial charge in [-0.15, -0.1) is 24.0 Å². The molecular weight excluding hydrogens is 515 g/mol. The van der Waals surface area contributed by atoms with Gasteiger partial charge in [0.25, 0.3) is 0 Å². The van der Waals surface area contributed by atoms with Crippen molar-refractivity contribution in [1.29, 1.82) is 0 Å². The molecule has 32 heavy (non-hydrogen) atoms. The molecule has 2 aromatic heterocycles. The number of ether oxygens (including phenoxy) is 1. The van der Waals surface area contributed by atoms with Crippen molar-refractivity contribution in [3.8, 4) is 11.6 Å². The van der Waals surface area contributed by atoms with Gasteiger partial charge in [0.2, 0.25) is 0 Å². The Kier molecular flexibility index (Phi) is 8.85. The van der Waals surface area contributed by atoms with Gasteiger partial charge in [0, 0.05) is 38.7 Å². The first-order valence-electron chi connectivity index (χ1n) is 10.3. The Morgan fingerprint density at radius 3 is 2.69 bits per heavy atom. The fourth-order valence-electron chi connectivity index (χ4n) is 3.23. The predicted molar refractivity (Wildman–Crippen MR) is 139 cm³/mol. The van der Waals surface area contributed by atoms with Crippen molar-refractivity contribution in [1.82, 2.24) is 25.4 Å². The molecule has 0 aliphatic rings. The summed E-state index contributed by atoms with van der Waals surface area (Å²) in [4.78, 5) is 8.64. The number of aromatic nitrogens is 3. The molecule has 0 aliphatic heterocycles. The van der Waals surface area contributed by atoms with Gasteiger partial charge in [-0.3, -0.25) is 4.99 Å². The van der Waals surface area contributed by atoms with Crippen LogP contribution in [-0.4, -0.2) is 40.9 Å². The van der Waals surface area contributed by atoms with E-state index in [0.29, 0.717) is 13.2 Å². The Bertz CT molecular complexity index is 1150. The van der Waals surface area contributed by atoms with Crippen LogP contribution in [0.1, 0.15) is 12.0 Å². The predicted octanol–water partition coefficient (Wildman–Crippen LogP) is 4.17. The van der Waals surface area contributed by atoms with Crippen LogP contribution < -0.4 is 15.4 Å². The lowest BCUT2D eigenvalue weighted by molar-refractivity contribution is 0.311. The highest BCUT2D eigenvalue weighted by molar-refractivity contribution is 14.0. The number of nitrogens with zero attached hydrogens (tertiary/aromatic N) is 4. The maximum absolute atomic E-state index is 5.89. The quantitative estimate of drug-likeness (QED) is 0.151. The van der Waals surface area contributed by atoms with Crippen molar-refractivity contribution in [2.24, 2.45) is 4.99 Å². The molecule has 0 saturated heterocycles. The van der Waals surface area contributed by atoms with E-state index in [1.165, 1.54) is 10.8 Å². The van der Waals surface area contributed by atoms with Crippen molar-refractivity contribution in [3.63, 3.8) is 0 Å². The molecule has 0 radical (unpaired) electrons. The minimum absolute atomic E-state index is 0. The van der Waals surface area contributed by atoms with Gasteiger partial charge in [-0.2, -0.15) is 5.10 Å². The minimum atomic E-state index is 0. The number of guanidine groups is 1. The third-order valence-electron chi connectivity index (χ3n) is 4.84. The fraction of sp³-hybridized carbons (Fsp3) is 0.208. The largest absolute Gasteiger partial charge is 0.494 e. The maximum atomic E-state index is 5.89. The van der Waals surface area contributed by atoms with E-state index < -0.39 is 0 Å². The van der Waals surface area contributed by atoms with Gasteiger partial charge < -0.3 is 15.4 Å². The van der Waals surface area contributed by atoms with Crippen LogP contribution in [0.3, 0.4) is 0 Å². The van der Waals surface area contributed by atoms with Gasteiger partial charge in [-0.1, -0.05) is 30.3 Å². The summed E-state index contributed by atoms with van der Waals surface area (Å²) in [5, 5.41) is 13.3. The molecule has 0 aliphatic carbocycles. The second-order valence-corrected chi connectivity index (χ2v) is 7.04. The molecule has 2 heterocycles. The lowest BCUT2D eigenvalue weighted by atomic mass is 10.1. The van der Waals surface area contributed by atoms with Gasteiger partial charge in [0.1, 0.15) is 5.75 Å². The van der Waals surface area contributed by atoms with E-state index in [1.54, 1.807) is 24.1 Å². The van der Waals surface area contributed by atoms with Crippen molar-refractivity contribution in [2.45, 2.75) is 13.0 Å². The van der Waals surface area contributed by atoms with Gasteiger partial charge in [-0.05, 0) is 53.1 Å². The van der Waals surface area contributed by atoms with Gasteiger partial charge in [-0.25, -0.2) is 9.67 Å². The van der Waals surface area contributed by atoms with Crippen LogP contribution in [-0.2, 0) is 6.54 Å². The molecule has 0 amide bonds. The first-order valence-corrected chi connectivity index (χ1v) is 10.3. The second-order valence-electron chi connectivity index (χ2n) is 7.04. The van der Waals surface area contributed by atoms with Gasteiger partial charge >= 0.3 is 0 Å². The lowest BCUT2D eigenvalue weighted by Crippen LogP contribution is -2.37. The lowest BCUT2D eigenvalue weighted by Gasteiger charge is -2.13. The van der Waals surface area contributed by atoms with Gasteiger partial charge in [0.15, 0.2) is 11.8 Å². The van der Waals surface area contributed by atoms with Crippen LogP contribution in [0.5, 0.6) is 5.75 Å². The van der Waals surface area contributed by atoms with Crippen LogP contribution in [0.4, 0.5) is 0 Å². The second kappa shape index (κ2) is 12.0. The molecule has 0 bridgehead atoms. The monoisotopic (exact) mass is 542 g/mol. The molecule has 4 rings (SSSR count). The molecule has 2 aromatic carbocycles. The van der Waals surface area contributed by atoms with E-state index >= 15 is 0 Å². The molecule has 0 unspecified atom stereocenters. The summed E-state index contributed by atoms with van der Waals surface area (Å²) < 4.78 is 7.63. The summed E-state index contributed by atoms with van der Waals surface area (Å²) in [5.74, 6) is 2.44. The van der Waals surface area contributed by atoms with Crippen molar-refractivity contribution >= 4 is 40.7 Å². The zero-order chi connectivity index (χ0) is 21.3. The number of rotatable bonds is 8.